The Morgan fingerprint density at radius 3 is 1.95 bits per heavy atom. The minimum Gasteiger partial charge on any atom is -0.449 e. The number of aromatic nitrogens is 2. The maximum absolute atomic E-state index is 13.0. The first-order valence-corrected chi connectivity index (χ1v) is 12.9. The van der Waals surface area contributed by atoms with E-state index >= 15 is 0 Å². The van der Waals surface area contributed by atoms with Gasteiger partial charge in [-0.1, -0.05) is 77.3 Å². The van der Waals surface area contributed by atoms with Crippen LogP contribution in [0.15, 0.2) is 91.0 Å². The van der Waals surface area contributed by atoms with Gasteiger partial charge in [0.2, 0.25) is 0 Å². The van der Waals surface area contributed by atoms with E-state index in [1.54, 1.807) is 42.5 Å². The Balaban J connectivity index is 1.45. The van der Waals surface area contributed by atoms with E-state index in [-0.39, 0.29) is 5.56 Å². The summed E-state index contributed by atoms with van der Waals surface area (Å²) in [7, 11) is 0. The first kappa shape index (κ1) is 26.1. The van der Waals surface area contributed by atoms with E-state index in [1.165, 1.54) is 6.92 Å². The number of anilines is 1. The molecule has 0 radical (unpaired) electrons. The molecule has 1 amide bonds. The summed E-state index contributed by atoms with van der Waals surface area (Å²) >= 11 is 5.98. The van der Waals surface area contributed by atoms with E-state index < -0.39 is 18.0 Å². The van der Waals surface area contributed by atoms with Gasteiger partial charge in [0.25, 0.3) is 5.91 Å². The Hall–Kier alpha value is -4.55. The van der Waals surface area contributed by atoms with Crippen molar-refractivity contribution in [3.05, 3.63) is 113 Å². The molecule has 0 spiro atoms. The van der Waals surface area contributed by atoms with Gasteiger partial charge in [-0.25, -0.2) is 14.8 Å². The fourth-order valence-electron chi connectivity index (χ4n) is 4.10. The van der Waals surface area contributed by atoms with Gasteiger partial charge in [0.15, 0.2) is 6.10 Å². The van der Waals surface area contributed by atoms with Crippen LogP contribution in [0.3, 0.4) is 0 Å². The summed E-state index contributed by atoms with van der Waals surface area (Å²) < 4.78 is 5.45. The lowest BCUT2D eigenvalue weighted by atomic mass is 10.0. The molecule has 6 nitrogen and oxygen atoms in total. The molecule has 5 rings (SSSR count). The predicted molar refractivity (Wildman–Crippen MR) is 155 cm³/mol. The summed E-state index contributed by atoms with van der Waals surface area (Å²) in [6.07, 6.45) is -1.02. The van der Waals surface area contributed by atoms with Gasteiger partial charge in [0.05, 0.1) is 28.0 Å². The number of benzene rings is 4. The molecule has 0 aliphatic heterocycles. The second-order valence-electron chi connectivity index (χ2n) is 9.40. The third-order valence-electron chi connectivity index (χ3n) is 6.30. The molecule has 0 aliphatic rings. The predicted octanol–water partition coefficient (Wildman–Crippen LogP) is 7.42. The molecule has 0 saturated heterocycles. The molecule has 5 aromatic rings. The van der Waals surface area contributed by atoms with Gasteiger partial charge < -0.3 is 10.1 Å². The third kappa shape index (κ3) is 5.97. The second kappa shape index (κ2) is 11.1. The van der Waals surface area contributed by atoms with Crippen LogP contribution in [0.5, 0.6) is 0 Å². The highest BCUT2D eigenvalue weighted by atomic mass is 35.5. The quantitative estimate of drug-likeness (QED) is 0.229. The van der Waals surface area contributed by atoms with Crippen LogP contribution in [0.4, 0.5) is 5.69 Å². The van der Waals surface area contributed by atoms with Crippen molar-refractivity contribution >= 4 is 40.2 Å². The molecule has 0 aliphatic carbocycles. The molecular weight excluding hydrogens is 510 g/mol. The lowest BCUT2D eigenvalue weighted by molar-refractivity contribution is -0.123. The molecule has 0 saturated carbocycles. The number of hydrogen-bond acceptors (Lipinski definition) is 5. The van der Waals surface area contributed by atoms with E-state index in [2.05, 4.69) is 5.32 Å². The minimum atomic E-state index is -1.02. The Bertz CT molecular complexity index is 1680. The van der Waals surface area contributed by atoms with Crippen molar-refractivity contribution in [3.63, 3.8) is 0 Å². The first-order chi connectivity index (χ1) is 18.8. The number of esters is 1. The molecule has 1 unspecified atom stereocenters. The van der Waals surface area contributed by atoms with E-state index in [9.17, 15) is 9.59 Å². The van der Waals surface area contributed by atoms with Gasteiger partial charge in [0.1, 0.15) is 0 Å². The number of nitrogens with zero attached hydrogens (tertiary/aromatic N) is 2. The van der Waals surface area contributed by atoms with Crippen molar-refractivity contribution in [2.24, 2.45) is 0 Å². The highest BCUT2D eigenvalue weighted by Crippen LogP contribution is 2.31. The molecule has 1 heterocycles. The van der Waals surface area contributed by atoms with E-state index in [0.717, 1.165) is 27.9 Å². The average molecular weight is 536 g/mol. The van der Waals surface area contributed by atoms with E-state index in [1.807, 2.05) is 62.4 Å². The summed E-state index contributed by atoms with van der Waals surface area (Å²) in [4.78, 5) is 35.4. The summed E-state index contributed by atoms with van der Waals surface area (Å²) in [6.45, 7) is 5.59. The highest BCUT2D eigenvalue weighted by Gasteiger charge is 2.20. The lowest BCUT2D eigenvalue weighted by Crippen LogP contribution is -2.30. The summed E-state index contributed by atoms with van der Waals surface area (Å²) in [5, 5.41) is 3.19. The van der Waals surface area contributed by atoms with Crippen molar-refractivity contribution in [3.8, 4) is 22.5 Å². The Morgan fingerprint density at radius 1 is 0.769 bits per heavy atom. The van der Waals surface area contributed by atoms with Crippen LogP contribution in [-0.4, -0.2) is 27.9 Å². The summed E-state index contributed by atoms with van der Waals surface area (Å²) in [5.74, 6) is -1.09. The average Bonchev–Trinajstić information content (AvgIpc) is 2.93. The number of halogens is 1. The van der Waals surface area contributed by atoms with Gasteiger partial charge >= 0.3 is 5.97 Å². The van der Waals surface area contributed by atoms with Crippen molar-refractivity contribution in [2.75, 3.05) is 5.32 Å². The van der Waals surface area contributed by atoms with Crippen LogP contribution >= 0.6 is 11.6 Å². The van der Waals surface area contributed by atoms with Crippen LogP contribution in [0, 0.1) is 13.8 Å². The molecule has 0 fully saturated rings. The molecule has 1 N–H and O–H groups in total. The van der Waals surface area contributed by atoms with Gasteiger partial charge in [-0.2, -0.15) is 0 Å². The normalized spacial score (nSPS) is 11.7. The van der Waals surface area contributed by atoms with Crippen LogP contribution in [0.1, 0.15) is 28.4 Å². The Morgan fingerprint density at radius 2 is 1.36 bits per heavy atom. The number of aryl methyl sites for hydroxylation is 2. The largest absolute Gasteiger partial charge is 0.449 e. The lowest BCUT2D eigenvalue weighted by Gasteiger charge is -2.14. The maximum atomic E-state index is 13.0. The number of hydrogen-bond donors (Lipinski definition) is 1. The molecule has 1 atom stereocenters. The first-order valence-electron chi connectivity index (χ1n) is 12.5. The van der Waals surface area contributed by atoms with Crippen LogP contribution in [0.2, 0.25) is 5.02 Å². The topological polar surface area (TPSA) is 81.2 Å². The number of fused-ring (bicyclic) bond motifs is 1. The highest BCUT2D eigenvalue weighted by molar-refractivity contribution is 6.30. The van der Waals surface area contributed by atoms with Crippen LogP contribution < -0.4 is 5.32 Å². The molecule has 1 aromatic heterocycles. The molecule has 7 heteroatoms. The van der Waals surface area contributed by atoms with Crippen molar-refractivity contribution in [2.45, 2.75) is 26.9 Å². The minimum absolute atomic E-state index is 0.275. The number of rotatable bonds is 6. The zero-order valence-corrected chi connectivity index (χ0v) is 22.5. The molecule has 4 aromatic carbocycles. The number of carbonyl (C=O) groups excluding carboxylic acids is 2. The smallest absolute Gasteiger partial charge is 0.338 e. The molecule has 39 heavy (non-hydrogen) atoms. The monoisotopic (exact) mass is 535 g/mol. The van der Waals surface area contributed by atoms with E-state index in [4.69, 9.17) is 26.3 Å². The van der Waals surface area contributed by atoms with Crippen molar-refractivity contribution < 1.29 is 14.3 Å². The zero-order chi connectivity index (χ0) is 27.5. The number of nitrogens with one attached hydrogen (secondary N) is 1. The Labute approximate surface area is 231 Å². The van der Waals surface area contributed by atoms with Gasteiger partial charge in [0, 0.05) is 21.8 Å². The number of carbonyl (C=O) groups is 2. The standard InChI is InChI=1S/C32H26ClN3O3/c1-19-7-11-22(12-8-19)29-30(23-13-9-20(2)10-14-23)36-28-17-24(15-16-27(28)35-29)32(38)39-21(3)31(37)34-26-6-4-5-25(33)18-26/h4-18,21H,1-3H3,(H,34,37). The molecule has 0 bridgehead atoms. The summed E-state index contributed by atoms with van der Waals surface area (Å²) in [5.41, 5.74) is 7.63. The third-order valence-corrected chi connectivity index (χ3v) is 6.53. The van der Waals surface area contributed by atoms with Gasteiger partial charge in [-0.3, -0.25) is 4.79 Å². The van der Waals surface area contributed by atoms with E-state index in [0.29, 0.717) is 27.4 Å². The van der Waals surface area contributed by atoms with Gasteiger partial charge in [-0.05, 0) is 57.2 Å². The molecular formula is C32H26ClN3O3. The summed E-state index contributed by atoms with van der Waals surface area (Å²) in [6, 6.07) is 28.0. The van der Waals surface area contributed by atoms with Crippen molar-refractivity contribution in [1.29, 1.82) is 0 Å². The SMILES string of the molecule is Cc1ccc(-c2nc3ccc(C(=O)OC(C)C(=O)Nc4cccc(Cl)c4)cc3nc2-c2ccc(C)cc2)cc1. The number of ether oxygens (including phenoxy) is 1. The zero-order valence-electron chi connectivity index (χ0n) is 21.7. The van der Waals surface area contributed by atoms with Crippen LogP contribution in [-0.2, 0) is 9.53 Å². The number of amides is 1. The van der Waals surface area contributed by atoms with Crippen molar-refractivity contribution in [1.82, 2.24) is 9.97 Å². The fourth-order valence-corrected chi connectivity index (χ4v) is 4.29. The maximum Gasteiger partial charge on any atom is 0.338 e. The fraction of sp³-hybridized carbons (Fsp3) is 0.125. The molecule has 194 valence electrons. The van der Waals surface area contributed by atoms with Gasteiger partial charge in [-0.15, -0.1) is 0 Å². The van der Waals surface area contributed by atoms with Crippen LogP contribution in [0.25, 0.3) is 33.5 Å². The Kier molecular flexibility index (Phi) is 7.39. The second-order valence-corrected chi connectivity index (χ2v) is 9.84.